The molecule has 0 radical (unpaired) electrons. The molecule has 0 aliphatic heterocycles. The van der Waals surface area contributed by atoms with Crippen LogP contribution in [0.5, 0.6) is 0 Å². The molecular weight excluding hydrogens is 324 g/mol. The fraction of sp³-hybridized carbons (Fsp3) is 0.357. The Morgan fingerprint density at radius 3 is 2.95 bits per heavy atom. The van der Waals surface area contributed by atoms with Crippen molar-refractivity contribution in [1.29, 1.82) is 0 Å². The fourth-order valence-electron chi connectivity index (χ4n) is 1.96. The molecule has 0 saturated carbocycles. The minimum absolute atomic E-state index is 0.0436. The Kier molecular flexibility index (Phi) is 5.17. The number of H-pyrrole nitrogens is 1. The molecule has 1 heterocycles. The van der Waals surface area contributed by atoms with Gasteiger partial charge >= 0.3 is 0 Å². The zero-order valence-corrected chi connectivity index (χ0v) is 12.5. The number of hydrogen-bond donors (Lipinski definition) is 4. The molecule has 0 aliphatic rings. The number of rotatable bonds is 6. The third kappa shape index (κ3) is 3.82. The summed E-state index contributed by atoms with van der Waals surface area (Å²) < 4.78 is 0.954. The highest BCUT2D eigenvalue weighted by Gasteiger charge is 2.11. The molecule has 2 rings (SSSR count). The summed E-state index contributed by atoms with van der Waals surface area (Å²) in [6, 6.07) is 7.50. The van der Waals surface area contributed by atoms with Gasteiger partial charge in [0.2, 0.25) is 0 Å². The highest BCUT2D eigenvalue weighted by Crippen LogP contribution is 2.20. The van der Waals surface area contributed by atoms with Crippen molar-refractivity contribution in [3.8, 4) is 0 Å². The van der Waals surface area contributed by atoms with E-state index >= 15 is 0 Å². The number of carbonyl (C=O) groups excluding carboxylic acids is 1. The van der Waals surface area contributed by atoms with Gasteiger partial charge in [-0.3, -0.25) is 4.79 Å². The lowest BCUT2D eigenvalue weighted by Gasteiger charge is -2.10. The highest BCUT2D eigenvalue weighted by atomic mass is 79.9. The first-order chi connectivity index (χ1) is 9.60. The molecule has 0 spiro atoms. The molecule has 5 nitrogen and oxygen atoms in total. The minimum atomic E-state index is -0.635. The lowest BCUT2D eigenvalue weighted by molar-refractivity contribution is 0.0900. The van der Waals surface area contributed by atoms with Gasteiger partial charge in [0.25, 0.3) is 5.91 Å². The third-order valence-corrected chi connectivity index (χ3v) is 3.51. The van der Waals surface area contributed by atoms with Gasteiger partial charge in [-0.25, -0.2) is 0 Å². The number of aliphatic hydroxyl groups is 2. The molecule has 20 heavy (non-hydrogen) atoms. The molecule has 0 aliphatic carbocycles. The van der Waals surface area contributed by atoms with E-state index in [4.69, 9.17) is 5.11 Å². The smallest absolute Gasteiger partial charge is 0.267 e. The van der Waals surface area contributed by atoms with E-state index in [0.717, 1.165) is 15.4 Å². The summed E-state index contributed by atoms with van der Waals surface area (Å²) in [5, 5.41) is 21.9. The van der Waals surface area contributed by atoms with E-state index in [1.807, 2.05) is 18.2 Å². The summed E-state index contributed by atoms with van der Waals surface area (Å²) in [6.07, 6.45) is 0.359. The van der Waals surface area contributed by atoms with Crippen LogP contribution < -0.4 is 5.32 Å². The number of aromatic amines is 1. The van der Waals surface area contributed by atoms with E-state index in [0.29, 0.717) is 18.5 Å². The molecule has 1 unspecified atom stereocenters. The molecule has 1 amide bonds. The first kappa shape index (κ1) is 15.0. The minimum Gasteiger partial charge on any atom is -0.396 e. The average molecular weight is 341 g/mol. The van der Waals surface area contributed by atoms with E-state index in [2.05, 4.69) is 26.2 Å². The summed E-state index contributed by atoms with van der Waals surface area (Å²) in [5.74, 6) is -0.250. The second-order valence-electron chi connectivity index (χ2n) is 4.64. The van der Waals surface area contributed by atoms with Crippen molar-refractivity contribution in [2.45, 2.75) is 18.9 Å². The molecule has 1 atom stereocenters. The maximum atomic E-state index is 12.0. The topological polar surface area (TPSA) is 85.3 Å². The zero-order chi connectivity index (χ0) is 14.5. The fourth-order valence-corrected chi connectivity index (χ4v) is 2.34. The van der Waals surface area contributed by atoms with Gasteiger partial charge in [0, 0.05) is 28.5 Å². The molecule has 6 heteroatoms. The number of fused-ring (bicyclic) bond motifs is 1. The SMILES string of the molecule is O=C(NCC(O)CCCO)c1cc2cc(Br)ccc2[nH]1. The number of hydrogen-bond acceptors (Lipinski definition) is 3. The standard InChI is InChI=1S/C14H17BrN2O3/c15-10-3-4-12-9(6-10)7-13(17-12)14(20)16-8-11(19)2-1-5-18/h3-4,6-7,11,17-19H,1-2,5,8H2,(H,16,20). The van der Waals surface area contributed by atoms with Crippen LogP contribution in [0, 0.1) is 0 Å². The maximum Gasteiger partial charge on any atom is 0.267 e. The molecule has 1 aromatic heterocycles. The molecule has 4 N–H and O–H groups in total. The van der Waals surface area contributed by atoms with E-state index in [1.54, 1.807) is 6.07 Å². The van der Waals surface area contributed by atoms with Crippen LogP contribution >= 0.6 is 15.9 Å². The number of carbonyl (C=O) groups is 1. The van der Waals surface area contributed by atoms with E-state index in [9.17, 15) is 9.90 Å². The van der Waals surface area contributed by atoms with Crippen LogP contribution in [0.1, 0.15) is 23.3 Å². The summed E-state index contributed by atoms with van der Waals surface area (Å²) >= 11 is 3.38. The maximum absolute atomic E-state index is 12.0. The largest absolute Gasteiger partial charge is 0.396 e. The van der Waals surface area contributed by atoms with Crippen molar-refractivity contribution in [1.82, 2.24) is 10.3 Å². The molecule has 1 aromatic carbocycles. The molecule has 0 bridgehead atoms. The van der Waals surface area contributed by atoms with Crippen LogP contribution in [0.25, 0.3) is 10.9 Å². The Hall–Kier alpha value is -1.37. The Balaban J connectivity index is 1.97. The molecule has 0 fully saturated rings. The number of aromatic nitrogens is 1. The highest BCUT2D eigenvalue weighted by molar-refractivity contribution is 9.10. The Labute approximate surface area is 125 Å². The van der Waals surface area contributed by atoms with Crippen LogP contribution in [0.15, 0.2) is 28.7 Å². The number of nitrogens with one attached hydrogen (secondary N) is 2. The second-order valence-corrected chi connectivity index (χ2v) is 5.56. The number of benzene rings is 1. The summed E-state index contributed by atoms with van der Waals surface area (Å²) in [4.78, 5) is 15.0. The van der Waals surface area contributed by atoms with Crippen LogP contribution in [-0.4, -0.2) is 40.4 Å². The summed E-state index contributed by atoms with van der Waals surface area (Å²) in [6.45, 7) is 0.222. The monoisotopic (exact) mass is 340 g/mol. The van der Waals surface area contributed by atoms with E-state index < -0.39 is 6.10 Å². The third-order valence-electron chi connectivity index (χ3n) is 3.02. The van der Waals surface area contributed by atoms with Gasteiger partial charge in [-0.1, -0.05) is 15.9 Å². The van der Waals surface area contributed by atoms with Gasteiger partial charge in [-0.15, -0.1) is 0 Å². The number of aliphatic hydroxyl groups excluding tert-OH is 2. The van der Waals surface area contributed by atoms with Crippen molar-refractivity contribution in [3.63, 3.8) is 0 Å². The molecule has 0 saturated heterocycles. The molecule has 108 valence electrons. The summed E-state index contributed by atoms with van der Waals surface area (Å²) in [7, 11) is 0. The van der Waals surface area contributed by atoms with Crippen molar-refractivity contribution in [3.05, 3.63) is 34.4 Å². The van der Waals surface area contributed by atoms with Gasteiger partial charge < -0.3 is 20.5 Å². The normalized spacial score (nSPS) is 12.6. The first-order valence-corrected chi connectivity index (χ1v) is 7.25. The van der Waals surface area contributed by atoms with Crippen molar-refractivity contribution < 1.29 is 15.0 Å². The van der Waals surface area contributed by atoms with Gasteiger partial charge in [-0.05, 0) is 37.1 Å². The lowest BCUT2D eigenvalue weighted by atomic mass is 10.2. The van der Waals surface area contributed by atoms with Gasteiger partial charge in [-0.2, -0.15) is 0 Å². The Morgan fingerprint density at radius 2 is 2.20 bits per heavy atom. The number of halogens is 1. The van der Waals surface area contributed by atoms with E-state index in [1.165, 1.54) is 0 Å². The predicted molar refractivity (Wildman–Crippen MR) is 80.7 cm³/mol. The Bertz CT molecular complexity index is 597. The quantitative estimate of drug-likeness (QED) is 0.646. The van der Waals surface area contributed by atoms with Crippen molar-refractivity contribution in [2.75, 3.05) is 13.2 Å². The first-order valence-electron chi connectivity index (χ1n) is 6.45. The van der Waals surface area contributed by atoms with Gasteiger partial charge in [0.15, 0.2) is 0 Å². The predicted octanol–water partition coefficient (Wildman–Crippen LogP) is 1.79. The zero-order valence-electron chi connectivity index (χ0n) is 10.9. The molecule has 2 aromatic rings. The number of amides is 1. The van der Waals surface area contributed by atoms with Crippen LogP contribution in [-0.2, 0) is 0 Å². The van der Waals surface area contributed by atoms with Crippen LogP contribution in [0.4, 0.5) is 0 Å². The van der Waals surface area contributed by atoms with E-state index in [-0.39, 0.29) is 19.1 Å². The van der Waals surface area contributed by atoms with Crippen LogP contribution in [0.3, 0.4) is 0 Å². The Morgan fingerprint density at radius 1 is 1.40 bits per heavy atom. The second kappa shape index (κ2) is 6.88. The van der Waals surface area contributed by atoms with Crippen molar-refractivity contribution >= 4 is 32.7 Å². The van der Waals surface area contributed by atoms with Crippen LogP contribution in [0.2, 0.25) is 0 Å². The van der Waals surface area contributed by atoms with Gasteiger partial charge in [0.05, 0.1) is 6.10 Å². The lowest BCUT2D eigenvalue weighted by Crippen LogP contribution is -2.32. The average Bonchev–Trinajstić information content (AvgIpc) is 2.85. The summed E-state index contributed by atoms with van der Waals surface area (Å²) in [5.41, 5.74) is 1.35. The molecular formula is C14H17BrN2O3. The van der Waals surface area contributed by atoms with Crippen molar-refractivity contribution in [2.24, 2.45) is 0 Å². The van der Waals surface area contributed by atoms with Gasteiger partial charge in [0.1, 0.15) is 5.69 Å².